The molecule has 3 aromatic rings. The molecule has 4 nitrogen and oxygen atoms in total. The Labute approximate surface area is 198 Å². The van der Waals surface area contributed by atoms with Crippen LogP contribution in [0.3, 0.4) is 0 Å². The second-order valence-corrected chi connectivity index (χ2v) is 9.34. The lowest BCUT2D eigenvalue weighted by Gasteiger charge is -2.09. The van der Waals surface area contributed by atoms with Crippen molar-refractivity contribution in [2.24, 2.45) is 5.10 Å². The molecule has 156 valence electrons. The molecule has 0 radical (unpaired) electrons. The van der Waals surface area contributed by atoms with E-state index < -0.39 is 0 Å². The Kier molecular flexibility index (Phi) is 8.06. The second-order valence-electron chi connectivity index (χ2n) is 6.62. The minimum atomic E-state index is -0.179. The van der Waals surface area contributed by atoms with Crippen molar-refractivity contribution in [1.82, 2.24) is 9.99 Å². The lowest BCUT2D eigenvalue weighted by atomic mass is 10.2. The third-order valence-electron chi connectivity index (χ3n) is 4.49. The third-order valence-corrected chi connectivity index (χ3v) is 6.69. The average molecular weight is 525 g/mol. The lowest BCUT2D eigenvalue weighted by Crippen LogP contribution is -2.19. The first-order chi connectivity index (χ1) is 14.4. The maximum Gasteiger partial charge on any atom is 0.250 e. The molecule has 1 aromatic heterocycles. The highest BCUT2D eigenvalue weighted by Crippen LogP contribution is 2.28. The number of benzene rings is 2. The maximum absolute atomic E-state index is 12.1. The molecular formula is C22H20BrCl2N3OS. The van der Waals surface area contributed by atoms with E-state index in [2.05, 4.69) is 43.2 Å². The summed E-state index contributed by atoms with van der Waals surface area (Å²) in [4.78, 5) is 12.1. The first kappa shape index (κ1) is 22.9. The molecule has 0 saturated heterocycles. The monoisotopic (exact) mass is 523 g/mol. The van der Waals surface area contributed by atoms with E-state index in [4.69, 9.17) is 23.2 Å². The minimum absolute atomic E-state index is 0.179. The van der Waals surface area contributed by atoms with Crippen molar-refractivity contribution in [3.8, 4) is 5.69 Å². The number of nitrogens with one attached hydrogen (secondary N) is 1. The van der Waals surface area contributed by atoms with Crippen LogP contribution in [0.1, 0.15) is 22.5 Å². The van der Waals surface area contributed by atoms with Gasteiger partial charge in [-0.05, 0) is 61.9 Å². The van der Waals surface area contributed by atoms with E-state index in [1.165, 1.54) is 11.8 Å². The standard InChI is InChI=1S/C22H20BrCl2N3OS/c1-14-10-16(15(2)28(14)18-8-6-17(23)7-9-18)11-26-27-22(29)13-30-12-19-20(24)4-3-5-21(19)25/h3-11H,12-13H2,1-2H3,(H,27,29)/b26-11-. The molecule has 1 heterocycles. The van der Waals surface area contributed by atoms with Crippen molar-refractivity contribution in [2.45, 2.75) is 19.6 Å². The summed E-state index contributed by atoms with van der Waals surface area (Å²) in [5.74, 6) is 0.641. The molecule has 0 saturated carbocycles. The van der Waals surface area contributed by atoms with Gasteiger partial charge in [-0.25, -0.2) is 5.43 Å². The fourth-order valence-electron chi connectivity index (χ4n) is 3.03. The number of aryl methyl sites for hydroxylation is 1. The summed E-state index contributed by atoms with van der Waals surface area (Å²) >= 11 is 17.2. The zero-order chi connectivity index (χ0) is 21.7. The summed E-state index contributed by atoms with van der Waals surface area (Å²) in [6.45, 7) is 4.07. The number of hydrogen-bond acceptors (Lipinski definition) is 3. The van der Waals surface area contributed by atoms with Gasteiger partial charge in [0.25, 0.3) is 0 Å². The number of aromatic nitrogens is 1. The molecule has 1 amide bonds. The number of amides is 1. The van der Waals surface area contributed by atoms with Crippen LogP contribution in [0, 0.1) is 13.8 Å². The van der Waals surface area contributed by atoms with E-state index in [1.807, 2.05) is 32.0 Å². The third kappa shape index (κ3) is 5.70. The van der Waals surface area contributed by atoms with Crippen molar-refractivity contribution >= 4 is 63.0 Å². The molecule has 2 aromatic carbocycles. The van der Waals surface area contributed by atoms with Crippen LogP contribution >= 0.6 is 50.9 Å². The number of carbonyl (C=O) groups excluding carboxylic acids is 1. The minimum Gasteiger partial charge on any atom is -0.318 e. The van der Waals surface area contributed by atoms with Gasteiger partial charge in [0.15, 0.2) is 0 Å². The van der Waals surface area contributed by atoms with E-state index in [9.17, 15) is 4.79 Å². The molecule has 0 aliphatic heterocycles. The topological polar surface area (TPSA) is 46.4 Å². The van der Waals surface area contributed by atoms with Crippen molar-refractivity contribution in [2.75, 3.05) is 5.75 Å². The van der Waals surface area contributed by atoms with Gasteiger partial charge in [-0.2, -0.15) is 5.10 Å². The predicted octanol–water partition coefficient (Wildman–Crippen LogP) is 6.55. The number of rotatable bonds is 7. The van der Waals surface area contributed by atoms with Crippen LogP contribution in [0.2, 0.25) is 10.0 Å². The zero-order valence-electron chi connectivity index (χ0n) is 16.5. The van der Waals surface area contributed by atoms with Crippen LogP contribution in [0.25, 0.3) is 5.69 Å². The molecule has 3 rings (SSSR count). The van der Waals surface area contributed by atoms with E-state index in [0.717, 1.165) is 32.7 Å². The van der Waals surface area contributed by atoms with Crippen LogP contribution in [0.4, 0.5) is 0 Å². The molecule has 0 spiro atoms. The maximum atomic E-state index is 12.1. The Bertz CT molecular complexity index is 1060. The molecule has 0 unspecified atom stereocenters. The quantitative estimate of drug-likeness (QED) is 0.281. The smallest absolute Gasteiger partial charge is 0.250 e. The van der Waals surface area contributed by atoms with Gasteiger partial charge in [0, 0.05) is 42.9 Å². The van der Waals surface area contributed by atoms with Gasteiger partial charge >= 0.3 is 0 Å². The van der Waals surface area contributed by atoms with Gasteiger partial charge in [0.1, 0.15) is 0 Å². The highest BCUT2D eigenvalue weighted by molar-refractivity contribution is 9.10. The Balaban J connectivity index is 1.57. The largest absolute Gasteiger partial charge is 0.318 e. The number of hydrogen-bond donors (Lipinski definition) is 1. The number of hydrazone groups is 1. The summed E-state index contributed by atoms with van der Waals surface area (Å²) < 4.78 is 3.19. The molecule has 0 atom stereocenters. The van der Waals surface area contributed by atoms with Gasteiger partial charge in [-0.1, -0.05) is 45.2 Å². The summed E-state index contributed by atoms with van der Waals surface area (Å²) in [7, 11) is 0. The summed E-state index contributed by atoms with van der Waals surface area (Å²) in [5, 5.41) is 5.33. The van der Waals surface area contributed by atoms with E-state index in [0.29, 0.717) is 15.8 Å². The highest BCUT2D eigenvalue weighted by Gasteiger charge is 2.10. The second kappa shape index (κ2) is 10.5. The zero-order valence-corrected chi connectivity index (χ0v) is 20.4. The lowest BCUT2D eigenvalue weighted by molar-refractivity contribution is -0.118. The summed E-state index contributed by atoms with van der Waals surface area (Å²) in [6.07, 6.45) is 1.67. The molecular weight excluding hydrogens is 505 g/mol. The molecule has 8 heteroatoms. The Hall–Kier alpha value is -1.73. The van der Waals surface area contributed by atoms with Crippen LogP contribution in [0.15, 0.2) is 58.1 Å². The first-order valence-electron chi connectivity index (χ1n) is 9.14. The normalized spacial score (nSPS) is 11.2. The molecule has 0 fully saturated rings. The highest BCUT2D eigenvalue weighted by atomic mass is 79.9. The number of carbonyl (C=O) groups is 1. The van der Waals surface area contributed by atoms with Crippen molar-refractivity contribution < 1.29 is 4.79 Å². The van der Waals surface area contributed by atoms with E-state index >= 15 is 0 Å². The molecule has 0 bridgehead atoms. The number of thioether (sulfide) groups is 1. The van der Waals surface area contributed by atoms with Crippen LogP contribution in [0.5, 0.6) is 0 Å². The van der Waals surface area contributed by atoms with Gasteiger partial charge in [-0.3, -0.25) is 4.79 Å². The van der Waals surface area contributed by atoms with Gasteiger partial charge in [0.2, 0.25) is 5.91 Å². The van der Waals surface area contributed by atoms with Crippen molar-refractivity contribution in [3.63, 3.8) is 0 Å². The predicted molar refractivity (Wildman–Crippen MR) is 131 cm³/mol. The van der Waals surface area contributed by atoms with E-state index in [1.54, 1.807) is 24.4 Å². The Morgan fingerprint density at radius 1 is 1.17 bits per heavy atom. The molecule has 1 N–H and O–H groups in total. The average Bonchev–Trinajstić information content (AvgIpc) is 2.98. The SMILES string of the molecule is Cc1cc(/C=N\NC(=O)CSCc2c(Cl)cccc2Cl)c(C)n1-c1ccc(Br)cc1. The van der Waals surface area contributed by atoms with Crippen molar-refractivity contribution in [1.29, 1.82) is 0 Å². The summed E-state index contributed by atoms with van der Waals surface area (Å²) in [5.41, 5.74) is 7.58. The van der Waals surface area contributed by atoms with Crippen LogP contribution < -0.4 is 5.43 Å². The number of halogens is 3. The first-order valence-corrected chi connectivity index (χ1v) is 11.8. The van der Waals surface area contributed by atoms with Crippen LogP contribution in [-0.4, -0.2) is 22.4 Å². The van der Waals surface area contributed by atoms with Gasteiger partial charge in [-0.15, -0.1) is 11.8 Å². The summed E-state index contributed by atoms with van der Waals surface area (Å²) in [6, 6.07) is 15.5. The van der Waals surface area contributed by atoms with Crippen molar-refractivity contribution in [3.05, 3.63) is 85.6 Å². The van der Waals surface area contributed by atoms with E-state index in [-0.39, 0.29) is 11.7 Å². The molecule has 30 heavy (non-hydrogen) atoms. The van der Waals surface area contributed by atoms with Crippen LogP contribution in [-0.2, 0) is 10.5 Å². The molecule has 0 aliphatic carbocycles. The van der Waals surface area contributed by atoms with Gasteiger partial charge < -0.3 is 4.57 Å². The Morgan fingerprint density at radius 2 is 1.83 bits per heavy atom. The molecule has 0 aliphatic rings. The fraction of sp³-hybridized carbons (Fsp3) is 0.182. The Morgan fingerprint density at radius 3 is 2.50 bits per heavy atom. The number of nitrogens with zero attached hydrogens (tertiary/aromatic N) is 2. The van der Waals surface area contributed by atoms with Gasteiger partial charge in [0.05, 0.1) is 12.0 Å². The fourth-order valence-corrected chi connectivity index (χ4v) is 4.85.